The van der Waals surface area contributed by atoms with Crippen molar-refractivity contribution in [1.29, 1.82) is 0 Å². The molecule has 0 spiro atoms. The van der Waals surface area contributed by atoms with Crippen LogP contribution in [0.2, 0.25) is 0 Å². The molecule has 4 nitrogen and oxygen atoms in total. The van der Waals surface area contributed by atoms with E-state index >= 15 is 0 Å². The molecule has 1 unspecified atom stereocenters. The quantitative estimate of drug-likeness (QED) is 0.367. The van der Waals surface area contributed by atoms with Crippen molar-refractivity contribution in [2.45, 2.75) is 91.6 Å². The van der Waals surface area contributed by atoms with Crippen molar-refractivity contribution < 1.29 is 19.1 Å². The lowest BCUT2D eigenvalue weighted by Gasteiger charge is -2.13. The van der Waals surface area contributed by atoms with Gasteiger partial charge in [0.25, 0.3) is 0 Å². The van der Waals surface area contributed by atoms with Gasteiger partial charge in [-0.2, -0.15) is 0 Å². The standard InChI is InChI=1S/C18H34O4/c1-5-6-7-8-9-10-11-16(4)22-18(20)13-12-17(19)21-14-15(2)3/h15-16H,5-14H2,1-4H3. The Labute approximate surface area is 135 Å². The second-order valence-electron chi connectivity index (χ2n) is 6.43. The number of hydrogen-bond acceptors (Lipinski definition) is 4. The molecular weight excluding hydrogens is 280 g/mol. The molecule has 0 fully saturated rings. The van der Waals surface area contributed by atoms with Crippen LogP contribution in [0, 0.1) is 5.92 Å². The Bertz CT molecular complexity index is 299. The number of rotatable bonds is 13. The first-order valence-corrected chi connectivity index (χ1v) is 8.80. The molecule has 0 aromatic carbocycles. The first-order valence-electron chi connectivity index (χ1n) is 8.80. The van der Waals surface area contributed by atoms with Gasteiger partial charge in [-0.15, -0.1) is 0 Å². The summed E-state index contributed by atoms with van der Waals surface area (Å²) in [6.45, 7) is 8.49. The lowest BCUT2D eigenvalue weighted by atomic mass is 10.1. The molecule has 0 aromatic rings. The van der Waals surface area contributed by atoms with Crippen LogP contribution in [0.25, 0.3) is 0 Å². The van der Waals surface area contributed by atoms with Crippen molar-refractivity contribution >= 4 is 11.9 Å². The van der Waals surface area contributed by atoms with Crippen LogP contribution in [-0.2, 0) is 19.1 Å². The molecule has 0 aliphatic rings. The van der Waals surface area contributed by atoms with Crippen molar-refractivity contribution in [3.63, 3.8) is 0 Å². The summed E-state index contributed by atoms with van der Waals surface area (Å²) in [4.78, 5) is 23.0. The van der Waals surface area contributed by atoms with Crippen LogP contribution in [0.1, 0.15) is 85.5 Å². The Morgan fingerprint density at radius 2 is 1.45 bits per heavy atom. The fourth-order valence-electron chi connectivity index (χ4n) is 2.09. The molecule has 0 bridgehead atoms. The molecule has 0 saturated heterocycles. The maximum absolute atomic E-state index is 11.6. The second kappa shape index (κ2) is 13.6. The topological polar surface area (TPSA) is 52.6 Å². The molecule has 4 heteroatoms. The maximum Gasteiger partial charge on any atom is 0.306 e. The Kier molecular flexibility index (Phi) is 12.9. The van der Waals surface area contributed by atoms with Gasteiger partial charge in [0.1, 0.15) is 0 Å². The van der Waals surface area contributed by atoms with Gasteiger partial charge in [0.15, 0.2) is 0 Å². The van der Waals surface area contributed by atoms with Crippen LogP contribution in [0.5, 0.6) is 0 Å². The van der Waals surface area contributed by atoms with E-state index in [1.807, 2.05) is 20.8 Å². The maximum atomic E-state index is 11.6. The normalized spacial score (nSPS) is 12.2. The molecule has 0 aliphatic carbocycles. The molecule has 0 amide bonds. The SMILES string of the molecule is CCCCCCCCC(C)OC(=O)CCC(=O)OCC(C)C. The molecule has 0 N–H and O–H groups in total. The zero-order valence-corrected chi connectivity index (χ0v) is 14.9. The van der Waals surface area contributed by atoms with E-state index in [0.717, 1.165) is 12.8 Å². The summed E-state index contributed by atoms with van der Waals surface area (Å²) in [7, 11) is 0. The first kappa shape index (κ1) is 20.9. The van der Waals surface area contributed by atoms with Crippen molar-refractivity contribution in [1.82, 2.24) is 0 Å². The average molecular weight is 314 g/mol. The number of hydrogen-bond donors (Lipinski definition) is 0. The van der Waals surface area contributed by atoms with Crippen molar-refractivity contribution in [2.24, 2.45) is 5.92 Å². The third-order valence-electron chi connectivity index (χ3n) is 3.41. The van der Waals surface area contributed by atoms with Crippen LogP contribution >= 0.6 is 0 Å². The highest BCUT2D eigenvalue weighted by molar-refractivity contribution is 5.77. The summed E-state index contributed by atoms with van der Waals surface area (Å²) in [6, 6.07) is 0. The largest absolute Gasteiger partial charge is 0.465 e. The van der Waals surface area contributed by atoms with Crippen LogP contribution < -0.4 is 0 Å². The van der Waals surface area contributed by atoms with Gasteiger partial charge in [-0.1, -0.05) is 52.9 Å². The van der Waals surface area contributed by atoms with Gasteiger partial charge in [0.05, 0.1) is 25.6 Å². The highest BCUT2D eigenvalue weighted by Crippen LogP contribution is 2.11. The van der Waals surface area contributed by atoms with Crippen molar-refractivity contribution in [3.8, 4) is 0 Å². The van der Waals surface area contributed by atoms with Gasteiger partial charge in [0.2, 0.25) is 0 Å². The Hall–Kier alpha value is -1.06. The molecule has 0 aromatic heterocycles. The van der Waals surface area contributed by atoms with Crippen LogP contribution in [-0.4, -0.2) is 24.6 Å². The first-order chi connectivity index (χ1) is 10.5. The molecule has 0 rings (SSSR count). The van der Waals surface area contributed by atoms with E-state index in [9.17, 15) is 9.59 Å². The van der Waals surface area contributed by atoms with E-state index in [0.29, 0.717) is 12.5 Å². The van der Waals surface area contributed by atoms with E-state index < -0.39 is 0 Å². The van der Waals surface area contributed by atoms with Crippen molar-refractivity contribution in [3.05, 3.63) is 0 Å². The Morgan fingerprint density at radius 1 is 0.864 bits per heavy atom. The third-order valence-corrected chi connectivity index (χ3v) is 3.41. The van der Waals surface area contributed by atoms with E-state index in [1.165, 1.54) is 32.1 Å². The van der Waals surface area contributed by atoms with Gasteiger partial charge < -0.3 is 9.47 Å². The van der Waals surface area contributed by atoms with E-state index in [2.05, 4.69) is 6.92 Å². The van der Waals surface area contributed by atoms with E-state index in [1.54, 1.807) is 0 Å². The number of ether oxygens (including phenoxy) is 2. The molecule has 0 radical (unpaired) electrons. The Morgan fingerprint density at radius 3 is 2.09 bits per heavy atom. The second-order valence-corrected chi connectivity index (χ2v) is 6.43. The molecule has 130 valence electrons. The minimum absolute atomic E-state index is 0.0645. The lowest BCUT2D eigenvalue weighted by Crippen LogP contribution is -2.17. The molecule has 22 heavy (non-hydrogen) atoms. The van der Waals surface area contributed by atoms with E-state index in [4.69, 9.17) is 9.47 Å². The number of carbonyl (C=O) groups is 2. The van der Waals surface area contributed by atoms with Gasteiger partial charge in [-0.3, -0.25) is 9.59 Å². The molecule has 0 saturated carbocycles. The number of carbonyl (C=O) groups excluding carboxylic acids is 2. The Balaban J connectivity index is 3.58. The fraction of sp³-hybridized carbons (Fsp3) is 0.889. The third kappa shape index (κ3) is 13.9. The predicted molar refractivity (Wildman–Crippen MR) is 88.6 cm³/mol. The number of esters is 2. The fourth-order valence-corrected chi connectivity index (χ4v) is 2.09. The highest BCUT2D eigenvalue weighted by atomic mass is 16.5. The summed E-state index contributed by atoms with van der Waals surface area (Å²) in [5, 5.41) is 0. The minimum atomic E-state index is -0.325. The predicted octanol–water partition coefficient (Wildman–Crippen LogP) is 4.65. The minimum Gasteiger partial charge on any atom is -0.465 e. The summed E-state index contributed by atoms with van der Waals surface area (Å²) in [6.07, 6.45) is 8.45. The van der Waals surface area contributed by atoms with Gasteiger partial charge in [-0.05, 0) is 25.7 Å². The van der Waals surface area contributed by atoms with Crippen molar-refractivity contribution in [2.75, 3.05) is 6.61 Å². The van der Waals surface area contributed by atoms with E-state index in [-0.39, 0.29) is 30.9 Å². The lowest BCUT2D eigenvalue weighted by molar-refractivity contribution is -0.153. The summed E-state index contributed by atoms with van der Waals surface area (Å²) < 4.78 is 10.3. The molecule has 1 atom stereocenters. The average Bonchev–Trinajstić information content (AvgIpc) is 2.46. The van der Waals surface area contributed by atoms with Gasteiger partial charge >= 0.3 is 11.9 Å². The molecular formula is C18H34O4. The van der Waals surface area contributed by atoms with Crippen LogP contribution in [0.3, 0.4) is 0 Å². The molecule has 0 heterocycles. The zero-order valence-electron chi connectivity index (χ0n) is 14.9. The zero-order chi connectivity index (χ0) is 16.8. The summed E-state index contributed by atoms with van der Waals surface area (Å²) >= 11 is 0. The highest BCUT2D eigenvalue weighted by Gasteiger charge is 2.12. The molecule has 0 aliphatic heterocycles. The van der Waals surface area contributed by atoms with Gasteiger partial charge in [0, 0.05) is 0 Å². The van der Waals surface area contributed by atoms with Crippen LogP contribution in [0.15, 0.2) is 0 Å². The number of unbranched alkanes of at least 4 members (excludes halogenated alkanes) is 5. The monoisotopic (exact) mass is 314 g/mol. The smallest absolute Gasteiger partial charge is 0.306 e. The van der Waals surface area contributed by atoms with Gasteiger partial charge in [-0.25, -0.2) is 0 Å². The summed E-state index contributed by atoms with van der Waals surface area (Å²) in [5.41, 5.74) is 0. The van der Waals surface area contributed by atoms with Crippen LogP contribution in [0.4, 0.5) is 0 Å². The summed E-state index contributed by atoms with van der Waals surface area (Å²) in [5.74, 6) is -0.317.